The van der Waals surface area contributed by atoms with Crippen molar-refractivity contribution in [2.45, 2.75) is 46.0 Å². The first-order chi connectivity index (χ1) is 13.1. The molecule has 0 spiro atoms. The van der Waals surface area contributed by atoms with Gasteiger partial charge in [0.1, 0.15) is 0 Å². The Hall–Kier alpha value is -2.84. The van der Waals surface area contributed by atoms with Crippen molar-refractivity contribution in [3.8, 4) is 23.7 Å². The maximum absolute atomic E-state index is 13.8. The zero-order chi connectivity index (χ0) is 19.5. The number of hydrogen-bond donors (Lipinski definition) is 0. The predicted molar refractivity (Wildman–Crippen MR) is 108 cm³/mol. The van der Waals surface area contributed by atoms with Crippen LogP contribution in [0, 0.1) is 23.7 Å². The Balaban J connectivity index is 2.02. The normalized spacial score (nSPS) is 11.0. The predicted octanol–water partition coefficient (Wildman–Crippen LogP) is 6.54. The van der Waals surface area contributed by atoms with E-state index in [1.165, 1.54) is 24.0 Å². The van der Waals surface area contributed by atoms with Crippen molar-refractivity contribution in [1.29, 1.82) is 0 Å². The summed E-state index contributed by atoms with van der Waals surface area (Å²) in [5.41, 5.74) is 3.70. The lowest BCUT2D eigenvalue weighted by Crippen LogP contribution is -1.85. The summed E-state index contributed by atoms with van der Waals surface area (Å²) in [5, 5.41) is 0. The lowest BCUT2D eigenvalue weighted by Gasteiger charge is -2.00. The van der Waals surface area contributed by atoms with Crippen molar-refractivity contribution in [3.63, 3.8) is 0 Å². The summed E-state index contributed by atoms with van der Waals surface area (Å²) in [5.74, 6) is 7.38. The molecule has 0 N–H and O–H groups in total. The topological polar surface area (TPSA) is 0 Å². The van der Waals surface area contributed by atoms with Gasteiger partial charge in [0.05, 0.1) is 0 Å². The molecule has 2 aromatic rings. The lowest BCUT2D eigenvalue weighted by molar-refractivity contribution is 0.584. The summed E-state index contributed by atoms with van der Waals surface area (Å²) in [6.07, 6.45) is 5.50. The fourth-order valence-corrected chi connectivity index (χ4v) is 2.52. The summed E-state index contributed by atoms with van der Waals surface area (Å²) in [6, 6.07) is 15.1. The summed E-state index contributed by atoms with van der Waals surface area (Å²) in [4.78, 5) is 0. The Labute approximate surface area is 161 Å². The van der Waals surface area contributed by atoms with Crippen LogP contribution in [0.4, 0.5) is 8.78 Å². The van der Waals surface area contributed by atoms with Crippen LogP contribution < -0.4 is 0 Å². The van der Waals surface area contributed by atoms with Gasteiger partial charge in [-0.2, -0.15) is 8.78 Å². The molecule has 0 nitrogen and oxygen atoms in total. The van der Waals surface area contributed by atoms with Crippen LogP contribution in [0.3, 0.4) is 0 Å². The first kappa shape index (κ1) is 20.5. The van der Waals surface area contributed by atoms with Crippen molar-refractivity contribution in [1.82, 2.24) is 0 Å². The fraction of sp³-hybridized carbons (Fsp3) is 0.280. The molecular weight excluding hydrogens is 338 g/mol. The summed E-state index contributed by atoms with van der Waals surface area (Å²) in [7, 11) is 0. The van der Waals surface area contributed by atoms with Crippen LogP contribution in [0.5, 0.6) is 0 Å². The van der Waals surface area contributed by atoms with Crippen LogP contribution in [0.2, 0.25) is 0 Å². The third-order valence-electron chi connectivity index (χ3n) is 4.21. The van der Waals surface area contributed by atoms with E-state index >= 15 is 0 Å². The monoisotopic (exact) mass is 362 g/mol. The van der Waals surface area contributed by atoms with Gasteiger partial charge in [-0.15, -0.1) is 0 Å². The first-order valence-corrected chi connectivity index (χ1v) is 9.39. The van der Waals surface area contributed by atoms with Gasteiger partial charge in [-0.1, -0.05) is 62.8 Å². The maximum Gasteiger partial charge on any atom is 0.217 e. The minimum Gasteiger partial charge on any atom is -0.193 e. The summed E-state index contributed by atoms with van der Waals surface area (Å²) >= 11 is 0. The quantitative estimate of drug-likeness (QED) is 0.419. The van der Waals surface area contributed by atoms with Crippen molar-refractivity contribution in [3.05, 3.63) is 82.4 Å². The number of unbranched alkanes of at least 4 members (excludes halogenated alkanes) is 2. The second-order valence-electron chi connectivity index (χ2n) is 6.33. The number of aryl methyl sites for hydroxylation is 2. The third-order valence-corrected chi connectivity index (χ3v) is 4.21. The van der Waals surface area contributed by atoms with E-state index < -0.39 is 11.7 Å². The maximum atomic E-state index is 13.8. The molecule has 0 saturated carbocycles. The largest absolute Gasteiger partial charge is 0.217 e. The van der Waals surface area contributed by atoms with Crippen molar-refractivity contribution in [2.75, 3.05) is 0 Å². The molecule has 2 heteroatoms. The second kappa shape index (κ2) is 11.0. The Morgan fingerprint density at radius 1 is 0.704 bits per heavy atom. The average Bonchev–Trinajstić information content (AvgIpc) is 2.71. The third kappa shape index (κ3) is 7.12. The number of allylic oxidation sites excluding steroid dienone is 2. The molecule has 0 bridgehead atoms. The SMILES string of the molecule is CCCCCc1ccc(C#CC(F)=C(F)C#Cc2ccc(CC)cc2)cc1. The van der Waals surface area contributed by atoms with Crippen molar-refractivity contribution in [2.24, 2.45) is 0 Å². The van der Waals surface area contributed by atoms with Gasteiger partial charge in [0.2, 0.25) is 11.7 Å². The van der Waals surface area contributed by atoms with Crippen LogP contribution in [0.1, 0.15) is 55.4 Å². The molecule has 2 aromatic carbocycles. The zero-order valence-electron chi connectivity index (χ0n) is 15.9. The van der Waals surface area contributed by atoms with Gasteiger partial charge < -0.3 is 0 Å². The van der Waals surface area contributed by atoms with Gasteiger partial charge in [-0.25, -0.2) is 0 Å². The molecule has 0 radical (unpaired) electrons. The fourth-order valence-electron chi connectivity index (χ4n) is 2.52. The van der Waals surface area contributed by atoms with Crippen LogP contribution in [-0.2, 0) is 12.8 Å². The second-order valence-corrected chi connectivity index (χ2v) is 6.33. The molecule has 0 aliphatic rings. The number of hydrogen-bond acceptors (Lipinski definition) is 0. The van der Waals surface area contributed by atoms with E-state index in [0.29, 0.717) is 11.1 Å². The molecule has 0 aliphatic heterocycles. The van der Waals surface area contributed by atoms with Crippen LogP contribution in [0.15, 0.2) is 60.2 Å². The minimum absolute atomic E-state index is 0.641. The molecule has 0 atom stereocenters. The smallest absolute Gasteiger partial charge is 0.193 e. The minimum atomic E-state index is -1.14. The van der Waals surface area contributed by atoms with Crippen molar-refractivity contribution >= 4 is 0 Å². The van der Waals surface area contributed by atoms with Crippen molar-refractivity contribution < 1.29 is 8.78 Å². The molecule has 0 saturated heterocycles. The number of benzene rings is 2. The highest BCUT2D eigenvalue weighted by molar-refractivity contribution is 5.45. The first-order valence-electron chi connectivity index (χ1n) is 9.39. The molecule has 0 fully saturated rings. The van der Waals surface area contributed by atoms with Gasteiger partial charge in [0.15, 0.2) is 0 Å². The highest BCUT2D eigenvalue weighted by Crippen LogP contribution is 2.10. The van der Waals surface area contributed by atoms with Gasteiger partial charge in [-0.05, 0) is 66.5 Å². The Morgan fingerprint density at radius 2 is 1.19 bits per heavy atom. The molecule has 0 heterocycles. The molecule has 138 valence electrons. The highest BCUT2D eigenvalue weighted by Gasteiger charge is 1.99. The molecule has 2 rings (SSSR count). The Kier molecular flexibility index (Phi) is 8.34. The molecular formula is C25H24F2. The number of halogens is 2. The Bertz CT molecular complexity index is 880. The zero-order valence-corrected chi connectivity index (χ0v) is 15.9. The van der Waals surface area contributed by atoms with Crippen LogP contribution in [-0.4, -0.2) is 0 Å². The average molecular weight is 362 g/mol. The van der Waals surface area contributed by atoms with Crippen LogP contribution in [0.25, 0.3) is 0 Å². The molecule has 0 aliphatic carbocycles. The van der Waals surface area contributed by atoms with E-state index in [1.54, 1.807) is 12.1 Å². The number of rotatable bonds is 5. The molecule has 0 amide bonds. The van der Waals surface area contributed by atoms with E-state index in [9.17, 15) is 8.78 Å². The van der Waals surface area contributed by atoms with E-state index in [2.05, 4.69) is 37.5 Å². The molecule has 27 heavy (non-hydrogen) atoms. The van der Waals surface area contributed by atoms with Gasteiger partial charge in [-0.3, -0.25) is 0 Å². The van der Waals surface area contributed by atoms with Gasteiger partial charge in [0.25, 0.3) is 0 Å². The van der Waals surface area contributed by atoms with E-state index in [1.807, 2.05) is 36.4 Å². The molecule has 0 unspecified atom stereocenters. The summed E-state index contributed by atoms with van der Waals surface area (Å²) < 4.78 is 27.6. The molecule has 0 aromatic heterocycles. The van der Waals surface area contributed by atoms with Gasteiger partial charge in [0, 0.05) is 11.1 Å². The standard InChI is InChI=1S/C25H24F2/c1-3-5-6-7-21-12-14-23(15-13-21)17-19-25(27)24(26)18-16-22-10-8-20(4-2)9-11-22/h8-15H,3-7H2,1-2H3. The van der Waals surface area contributed by atoms with E-state index in [4.69, 9.17) is 0 Å². The van der Waals surface area contributed by atoms with Crippen LogP contribution >= 0.6 is 0 Å². The lowest BCUT2D eigenvalue weighted by atomic mass is 10.1. The highest BCUT2D eigenvalue weighted by atomic mass is 19.2. The van der Waals surface area contributed by atoms with Gasteiger partial charge >= 0.3 is 0 Å². The summed E-state index contributed by atoms with van der Waals surface area (Å²) in [6.45, 7) is 4.23. The van der Waals surface area contributed by atoms with E-state index in [-0.39, 0.29) is 0 Å². The van der Waals surface area contributed by atoms with E-state index in [0.717, 1.165) is 19.3 Å². The Morgan fingerprint density at radius 3 is 1.63 bits per heavy atom.